The summed E-state index contributed by atoms with van der Waals surface area (Å²) in [5, 5.41) is 2.89. The molecular formula is C12H16N2O2. The fourth-order valence-electron chi connectivity index (χ4n) is 1.53. The summed E-state index contributed by atoms with van der Waals surface area (Å²) in [5.41, 5.74) is 6.24. The monoisotopic (exact) mass is 220 g/mol. The summed E-state index contributed by atoms with van der Waals surface area (Å²) in [6, 6.07) is 7.49. The van der Waals surface area contributed by atoms with E-state index in [0.29, 0.717) is 23.4 Å². The Morgan fingerprint density at radius 2 is 2.25 bits per heavy atom. The Hall–Kier alpha value is -1.71. The molecule has 0 aromatic heterocycles. The van der Waals surface area contributed by atoms with Gasteiger partial charge in [0.25, 0.3) is 5.91 Å². The lowest BCUT2D eigenvalue weighted by Gasteiger charge is -2.08. The lowest BCUT2D eigenvalue weighted by molar-refractivity contribution is -0.123. The second kappa shape index (κ2) is 4.43. The van der Waals surface area contributed by atoms with Gasteiger partial charge < -0.3 is 15.8 Å². The quantitative estimate of drug-likeness (QED) is 0.749. The van der Waals surface area contributed by atoms with Gasteiger partial charge in [0.15, 0.2) is 6.61 Å². The maximum atomic E-state index is 11.4. The minimum Gasteiger partial charge on any atom is -0.482 e. The van der Waals surface area contributed by atoms with E-state index in [1.807, 2.05) is 12.1 Å². The molecule has 0 bridgehead atoms. The van der Waals surface area contributed by atoms with Gasteiger partial charge in [-0.05, 0) is 24.5 Å². The summed E-state index contributed by atoms with van der Waals surface area (Å²) in [6.07, 6.45) is 1.07. The third kappa shape index (κ3) is 2.66. The highest BCUT2D eigenvalue weighted by Gasteiger charge is 2.33. The van der Waals surface area contributed by atoms with Crippen molar-refractivity contribution in [2.75, 3.05) is 12.3 Å². The Balaban J connectivity index is 1.78. The molecule has 0 heterocycles. The number of rotatable bonds is 4. The number of nitrogens with two attached hydrogens (primary N) is 1. The van der Waals surface area contributed by atoms with E-state index in [1.54, 1.807) is 12.1 Å². The lowest BCUT2D eigenvalue weighted by Crippen LogP contribution is -2.31. The molecular weight excluding hydrogens is 204 g/mol. The summed E-state index contributed by atoms with van der Waals surface area (Å²) in [7, 11) is 0. The summed E-state index contributed by atoms with van der Waals surface area (Å²) in [4.78, 5) is 11.4. The highest BCUT2D eigenvalue weighted by Crippen LogP contribution is 2.28. The van der Waals surface area contributed by atoms with Crippen molar-refractivity contribution in [1.29, 1.82) is 0 Å². The van der Waals surface area contributed by atoms with Gasteiger partial charge in [-0.25, -0.2) is 0 Å². The van der Waals surface area contributed by atoms with Crippen LogP contribution in [0.2, 0.25) is 0 Å². The first-order valence-electron chi connectivity index (χ1n) is 5.43. The van der Waals surface area contributed by atoms with Crippen LogP contribution in [0.4, 0.5) is 5.69 Å². The first-order valence-corrected chi connectivity index (χ1v) is 5.43. The molecule has 1 amide bonds. The molecule has 0 saturated heterocycles. The average Bonchev–Trinajstić information content (AvgIpc) is 2.93. The number of nitrogens with one attached hydrogen (secondary N) is 1. The fourth-order valence-corrected chi connectivity index (χ4v) is 1.53. The maximum Gasteiger partial charge on any atom is 0.258 e. The normalized spacial score (nSPS) is 22.6. The van der Waals surface area contributed by atoms with Gasteiger partial charge >= 0.3 is 0 Å². The van der Waals surface area contributed by atoms with Crippen molar-refractivity contribution in [3.63, 3.8) is 0 Å². The molecule has 3 N–H and O–H groups in total. The molecule has 4 heteroatoms. The molecule has 1 aromatic rings. The summed E-state index contributed by atoms with van der Waals surface area (Å²) < 4.78 is 5.33. The Labute approximate surface area is 94.8 Å². The molecule has 0 radical (unpaired) electrons. The van der Waals surface area contributed by atoms with Gasteiger partial charge in [-0.1, -0.05) is 19.1 Å². The molecule has 86 valence electrons. The van der Waals surface area contributed by atoms with Crippen molar-refractivity contribution in [1.82, 2.24) is 5.32 Å². The molecule has 0 aliphatic heterocycles. The van der Waals surface area contributed by atoms with Crippen LogP contribution in [-0.4, -0.2) is 18.6 Å². The van der Waals surface area contributed by atoms with Crippen LogP contribution < -0.4 is 15.8 Å². The first kappa shape index (κ1) is 10.8. The van der Waals surface area contributed by atoms with E-state index in [1.165, 1.54) is 0 Å². The standard InChI is InChI=1S/C12H16N2O2/c1-8-6-10(8)14-12(15)7-16-11-5-3-2-4-9(11)13/h2-5,8,10H,6-7,13H2,1H3,(H,14,15). The van der Waals surface area contributed by atoms with Crippen molar-refractivity contribution < 1.29 is 9.53 Å². The highest BCUT2D eigenvalue weighted by atomic mass is 16.5. The predicted octanol–water partition coefficient (Wildman–Crippen LogP) is 1.17. The zero-order valence-electron chi connectivity index (χ0n) is 9.27. The van der Waals surface area contributed by atoms with Gasteiger partial charge in [-0.3, -0.25) is 4.79 Å². The van der Waals surface area contributed by atoms with Crippen LogP contribution in [0.25, 0.3) is 0 Å². The Morgan fingerprint density at radius 1 is 1.56 bits per heavy atom. The van der Waals surface area contributed by atoms with Gasteiger partial charge in [0.05, 0.1) is 5.69 Å². The SMILES string of the molecule is CC1CC1NC(=O)COc1ccccc1N. The first-order chi connectivity index (χ1) is 7.66. The van der Waals surface area contributed by atoms with E-state index in [2.05, 4.69) is 12.2 Å². The van der Waals surface area contributed by atoms with Gasteiger partial charge in [0.1, 0.15) is 5.75 Å². The van der Waals surface area contributed by atoms with Crippen molar-refractivity contribution in [2.45, 2.75) is 19.4 Å². The second-order valence-electron chi connectivity index (χ2n) is 4.21. The van der Waals surface area contributed by atoms with Crippen LogP contribution in [0.3, 0.4) is 0 Å². The Bertz CT molecular complexity index is 392. The summed E-state index contributed by atoms with van der Waals surface area (Å²) in [6.45, 7) is 2.14. The van der Waals surface area contributed by atoms with Gasteiger partial charge in [-0.2, -0.15) is 0 Å². The van der Waals surface area contributed by atoms with E-state index in [0.717, 1.165) is 6.42 Å². The lowest BCUT2D eigenvalue weighted by atomic mass is 10.3. The van der Waals surface area contributed by atoms with E-state index < -0.39 is 0 Å². The van der Waals surface area contributed by atoms with Crippen LogP contribution in [-0.2, 0) is 4.79 Å². The Morgan fingerprint density at radius 3 is 2.88 bits per heavy atom. The second-order valence-corrected chi connectivity index (χ2v) is 4.21. The number of ether oxygens (including phenoxy) is 1. The number of amides is 1. The highest BCUT2D eigenvalue weighted by molar-refractivity contribution is 5.78. The molecule has 2 unspecified atom stereocenters. The number of hydrogen-bond donors (Lipinski definition) is 2. The van der Waals surface area contributed by atoms with Gasteiger partial charge in [0, 0.05) is 6.04 Å². The van der Waals surface area contributed by atoms with Crippen molar-refractivity contribution in [3.05, 3.63) is 24.3 Å². The molecule has 1 aromatic carbocycles. The van der Waals surface area contributed by atoms with Gasteiger partial charge in [0.2, 0.25) is 0 Å². The summed E-state index contributed by atoms with van der Waals surface area (Å²) in [5.74, 6) is 1.07. The molecule has 1 aliphatic carbocycles. The van der Waals surface area contributed by atoms with E-state index in [-0.39, 0.29) is 12.5 Å². The van der Waals surface area contributed by atoms with Crippen molar-refractivity contribution >= 4 is 11.6 Å². The third-order valence-corrected chi connectivity index (χ3v) is 2.73. The average molecular weight is 220 g/mol. The van der Waals surface area contributed by atoms with Crippen LogP contribution in [0.15, 0.2) is 24.3 Å². The van der Waals surface area contributed by atoms with Crippen LogP contribution in [0, 0.1) is 5.92 Å². The van der Waals surface area contributed by atoms with Crippen molar-refractivity contribution in [3.8, 4) is 5.75 Å². The largest absolute Gasteiger partial charge is 0.482 e. The topological polar surface area (TPSA) is 64.3 Å². The van der Waals surface area contributed by atoms with Crippen LogP contribution in [0.1, 0.15) is 13.3 Å². The minimum absolute atomic E-state index is 0.0252. The maximum absolute atomic E-state index is 11.4. The molecule has 2 rings (SSSR count). The Kier molecular flexibility index (Phi) is 2.99. The molecule has 4 nitrogen and oxygen atoms in total. The number of nitrogen functional groups attached to an aromatic ring is 1. The smallest absolute Gasteiger partial charge is 0.258 e. The molecule has 16 heavy (non-hydrogen) atoms. The molecule has 1 fully saturated rings. The van der Waals surface area contributed by atoms with Crippen molar-refractivity contribution in [2.24, 2.45) is 5.92 Å². The number of benzene rings is 1. The predicted molar refractivity (Wildman–Crippen MR) is 62.1 cm³/mol. The number of para-hydroxylation sites is 2. The number of carbonyl (C=O) groups excluding carboxylic acids is 1. The molecule has 1 aliphatic rings. The zero-order chi connectivity index (χ0) is 11.5. The van der Waals surface area contributed by atoms with Crippen LogP contribution >= 0.6 is 0 Å². The van der Waals surface area contributed by atoms with Crippen LogP contribution in [0.5, 0.6) is 5.75 Å². The van der Waals surface area contributed by atoms with E-state index in [9.17, 15) is 4.79 Å². The van der Waals surface area contributed by atoms with E-state index in [4.69, 9.17) is 10.5 Å². The van der Waals surface area contributed by atoms with Gasteiger partial charge in [-0.15, -0.1) is 0 Å². The number of anilines is 1. The molecule has 1 saturated carbocycles. The minimum atomic E-state index is -0.0856. The fraction of sp³-hybridized carbons (Fsp3) is 0.417. The zero-order valence-corrected chi connectivity index (χ0v) is 9.27. The van der Waals surface area contributed by atoms with E-state index >= 15 is 0 Å². The summed E-state index contributed by atoms with van der Waals surface area (Å²) >= 11 is 0. The number of hydrogen-bond acceptors (Lipinski definition) is 3. The third-order valence-electron chi connectivity index (χ3n) is 2.73. The number of carbonyl (C=O) groups is 1. The molecule has 2 atom stereocenters. The molecule has 0 spiro atoms.